The summed E-state index contributed by atoms with van der Waals surface area (Å²) in [6.07, 6.45) is 0.183. The van der Waals surface area contributed by atoms with Crippen LogP contribution in [0.2, 0.25) is 5.02 Å². The quantitative estimate of drug-likeness (QED) is 0.552. The Morgan fingerprint density at radius 2 is 1.63 bits per heavy atom. The first kappa shape index (κ1) is 21.8. The van der Waals surface area contributed by atoms with E-state index in [4.69, 9.17) is 16.3 Å². The first-order chi connectivity index (χ1) is 14.4. The van der Waals surface area contributed by atoms with Crippen molar-refractivity contribution in [3.05, 3.63) is 89.4 Å². The van der Waals surface area contributed by atoms with Crippen molar-refractivity contribution in [2.24, 2.45) is 0 Å². The van der Waals surface area contributed by atoms with Gasteiger partial charge in [-0.25, -0.2) is 8.42 Å². The fraction of sp³-hybridized carbons (Fsp3) is 0.136. The van der Waals surface area contributed by atoms with Crippen molar-refractivity contribution in [2.45, 2.75) is 17.4 Å². The zero-order valence-electron chi connectivity index (χ0n) is 16.2. The van der Waals surface area contributed by atoms with E-state index in [1.807, 2.05) is 36.4 Å². The molecule has 2 N–H and O–H groups in total. The van der Waals surface area contributed by atoms with Gasteiger partial charge >= 0.3 is 0 Å². The van der Waals surface area contributed by atoms with E-state index in [0.29, 0.717) is 11.4 Å². The lowest BCUT2D eigenvalue weighted by Gasteiger charge is -2.19. The summed E-state index contributed by atoms with van der Waals surface area (Å²) in [4.78, 5) is 12.9. The molecule has 0 saturated carbocycles. The van der Waals surface area contributed by atoms with Gasteiger partial charge in [0, 0.05) is 5.69 Å². The molecule has 0 unspecified atom stereocenters. The number of carbonyl (C=O) groups is 1. The summed E-state index contributed by atoms with van der Waals surface area (Å²) in [6, 6.07) is 21.1. The van der Waals surface area contributed by atoms with Crippen LogP contribution in [-0.4, -0.2) is 27.5 Å². The maximum atomic E-state index is 13.0. The van der Waals surface area contributed by atoms with Gasteiger partial charge in [0.05, 0.1) is 17.0 Å². The third-order valence-electron chi connectivity index (χ3n) is 4.37. The molecule has 8 heteroatoms. The molecule has 0 heterocycles. The lowest BCUT2D eigenvalue weighted by molar-refractivity contribution is -0.117. The number of methoxy groups -OCH3 is 1. The summed E-state index contributed by atoms with van der Waals surface area (Å²) in [5, 5.41) is 2.91. The molecule has 0 aromatic heterocycles. The van der Waals surface area contributed by atoms with Crippen molar-refractivity contribution in [3.8, 4) is 5.75 Å². The van der Waals surface area contributed by atoms with Gasteiger partial charge in [-0.05, 0) is 42.3 Å². The number of sulfonamides is 1. The molecule has 30 heavy (non-hydrogen) atoms. The number of ether oxygens (including phenoxy) is 1. The van der Waals surface area contributed by atoms with Crippen LogP contribution in [0, 0.1) is 0 Å². The second kappa shape index (κ2) is 9.75. The summed E-state index contributed by atoms with van der Waals surface area (Å²) in [5.41, 5.74) is 1.40. The van der Waals surface area contributed by atoms with E-state index in [2.05, 4.69) is 10.0 Å². The summed E-state index contributed by atoms with van der Waals surface area (Å²) < 4.78 is 33.5. The molecule has 0 aliphatic carbocycles. The van der Waals surface area contributed by atoms with Crippen molar-refractivity contribution in [3.63, 3.8) is 0 Å². The van der Waals surface area contributed by atoms with Crippen molar-refractivity contribution < 1.29 is 17.9 Å². The first-order valence-electron chi connectivity index (χ1n) is 9.15. The fourth-order valence-corrected chi connectivity index (χ4v) is 4.40. The van der Waals surface area contributed by atoms with E-state index in [-0.39, 0.29) is 16.3 Å². The van der Waals surface area contributed by atoms with Gasteiger partial charge in [-0.2, -0.15) is 4.72 Å². The molecule has 6 nitrogen and oxygen atoms in total. The van der Waals surface area contributed by atoms with Crippen LogP contribution < -0.4 is 14.8 Å². The molecule has 3 aromatic rings. The Morgan fingerprint density at radius 3 is 2.23 bits per heavy atom. The molecule has 0 aliphatic heterocycles. The smallest absolute Gasteiger partial charge is 0.242 e. The van der Waals surface area contributed by atoms with Crippen molar-refractivity contribution in [2.75, 3.05) is 12.4 Å². The first-order valence-corrected chi connectivity index (χ1v) is 11.0. The van der Waals surface area contributed by atoms with Gasteiger partial charge in [0.15, 0.2) is 0 Å². The Labute approximate surface area is 180 Å². The monoisotopic (exact) mass is 444 g/mol. The molecule has 0 saturated heterocycles. The number of halogens is 1. The van der Waals surface area contributed by atoms with Gasteiger partial charge in [-0.1, -0.05) is 60.1 Å². The average molecular weight is 445 g/mol. The maximum absolute atomic E-state index is 13.0. The molecule has 0 radical (unpaired) electrons. The molecule has 156 valence electrons. The third kappa shape index (κ3) is 5.60. The Morgan fingerprint density at radius 1 is 1.00 bits per heavy atom. The zero-order valence-corrected chi connectivity index (χ0v) is 17.8. The molecular formula is C22H21ClN2O4S. The van der Waals surface area contributed by atoms with Crippen LogP contribution in [0.5, 0.6) is 5.75 Å². The van der Waals surface area contributed by atoms with Gasteiger partial charge < -0.3 is 10.1 Å². The molecule has 3 rings (SSSR count). The highest BCUT2D eigenvalue weighted by molar-refractivity contribution is 7.89. The molecule has 0 spiro atoms. The summed E-state index contributed by atoms with van der Waals surface area (Å²) in [5.74, 6) is -0.105. The average Bonchev–Trinajstić information content (AvgIpc) is 2.74. The predicted octanol–water partition coefficient (Wildman–Crippen LogP) is 3.88. The van der Waals surface area contributed by atoms with Crippen LogP contribution in [-0.2, 0) is 21.2 Å². The number of hydrogen-bond acceptors (Lipinski definition) is 4. The van der Waals surface area contributed by atoms with Gasteiger partial charge in [0.2, 0.25) is 15.9 Å². The number of benzene rings is 3. The molecule has 0 fully saturated rings. The zero-order chi connectivity index (χ0) is 21.6. The second-order valence-corrected chi connectivity index (χ2v) is 8.64. The summed E-state index contributed by atoms with van der Waals surface area (Å²) in [7, 11) is -2.57. The minimum atomic E-state index is -4.02. The van der Waals surface area contributed by atoms with Gasteiger partial charge in [-0.15, -0.1) is 0 Å². The van der Waals surface area contributed by atoms with Crippen molar-refractivity contribution in [1.29, 1.82) is 0 Å². The Balaban J connectivity index is 1.87. The van der Waals surface area contributed by atoms with Crippen LogP contribution in [0.4, 0.5) is 5.69 Å². The number of carbonyl (C=O) groups excluding carboxylic acids is 1. The van der Waals surface area contributed by atoms with Gasteiger partial charge in [0.25, 0.3) is 0 Å². The number of anilines is 1. The normalized spacial score (nSPS) is 12.2. The second-order valence-electron chi connectivity index (χ2n) is 6.52. The van der Waals surface area contributed by atoms with Crippen LogP contribution >= 0.6 is 11.6 Å². The maximum Gasteiger partial charge on any atom is 0.242 e. The number of hydrogen-bond donors (Lipinski definition) is 2. The van der Waals surface area contributed by atoms with E-state index in [1.165, 1.54) is 25.3 Å². The summed E-state index contributed by atoms with van der Waals surface area (Å²) >= 11 is 6.08. The SMILES string of the molecule is COc1ccc(S(=O)(=O)N[C@H](Cc2ccccc2)C(=O)Nc2ccccc2)cc1Cl. The largest absolute Gasteiger partial charge is 0.495 e. The number of para-hydroxylation sites is 1. The topological polar surface area (TPSA) is 84.5 Å². The van der Waals surface area contributed by atoms with Gasteiger partial charge in [-0.3, -0.25) is 4.79 Å². The molecule has 1 amide bonds. The molecule has 3 aromatic carbocycles. The Hall–Kier alpha value is -2.87. The Kier molecular flexibility index (Phi) is 7.10. The third-order valence-corrected chi connectivity index (χ3v) is 6.14. The van der Waals surface area contributed by atoms with Crippen LogP contribution in [0.1, 0.15) is 5.56 Å². The van der Waals surface area contributed by atoms with Gasteiger partial charge in [0.1, 0.15) is 11.8 Å². The fourth-order valence-electron chi connectivity index (χ4n) is 2.86. The van der Waals surface area contributed by atoms with E-state index in [0.717, 1.165) is 5.56 Å². The van der Waals surface area contributed by atoms with Crippen molar-refractivity contribution >= 4 is 33.2 Å². The minimum absolute atomic E-state index is 0.0566. The molecule has 0 aliphatic rings. The van der Waals surface area contributed by atoms with E-state index in [1.54, 1.807) is 24.3 Å². The van der Waals surface area contributed by atoms with Crippen LogP contribution in [0.25, 0.3) is 0 Å². The van der Waals surface area contributed by atoms with Crippen LogP contribution in [0.15, 0.2) is 83.8 Å². The summed E-state index contributed by atoms with van der Waals surface area (Å²) in [6.45, 7) is 0. The molecule has 0 bridgehead atoms. The lowest BCUT2D eigenvalue weighted by Crippen LogP contribution is -2.45. The highest BCUT2D eigenvalue weighted by Crippen LogP contribution is 2.27. The number of rotatable bonds is 8. The van der Waals surface area contributed by atoms with E-state index in [9.17, 15) is 13.2 Å². The molecule has 1 atom stereocenters. The number of nitrogens with one attached hydrogen (secondary N) is 2. The standard InChI is InChI=1S/C22H21ClN2O4S/c1-29-21-13-12-18(15-19(21)23)30(27,28)25-20(14-16-8-4-2-5-9-16)22(26)24-17-10-6-3-7-11-17/h2-13,15,20,25H,14H2,1H3,(H,24,26)/t20-/m1/s1. The Bertz CT molecular complexity index is 1110. The predicted molar refractivity (Wildman–Crippen MR) is 117 cm³/mol. The lowest BCUT2D eigenvalue weighted by atomic mass is 10.1. The van der Waals surface area contributed by atoms with E-state index < -0.39 is 22.0 Å². The van der Waals surface area contributed by atoms with E-state index >= 15 is 0 Å². The highest BCUT2D eigenvalue weighted by atomic mass is 35.5. The number of amides is 1. The van der Waals surface area contributed by atoms with Crippen LogP contribution in [0.3, 0.4) is 0 Å². The minimum Gasteiger partial charge on any atom is -0.495 e. The molecular weight excluding hydrogens is 424 g/mol. The highest BCUT2D eigenvalue weighted by Gasteiger charge is 2.27. The van der Waals surface area contributed by atoms with Crippen molar-refractivity contribution in [1.82, 2.24) is 4.72 Å².